The van der Waals surface area contributed by atoms with Crippen molar-refractivity contribution in [3.05, 3.63) is 40.9 Å². The van der Waals surface area contributed by atoms with Crippen LogP contribution in [-0.2, 0) is 0 Å². The maximum atomic E-state index is 6.18. The molecule has 2 heteroatoms. The zero-order valence-electron chi connectivity index (χ0n) is 11.9. The van der Waals surface area contributed by atoms with Crippen molar-refractivity contribution in [1.82, 2.24) is 0 Å². The van der Waals surface area contributed by atoms with Gasteiger partial charge in [-0.2, -0.15) is 0 Å². The Morgan fingerprint density at radius 1 is 1.00 bits per heavy atom. The van der Waals surface area contributed by atoms with Gasteiger partial charge in [0.25, 0.3) is 0 Å². The smallest absolute Gasteiger partial charge is 0.120 e. The summed E-state index contributed by atoms with van der Waals surface area (Å²) in [7, 11) is 0. The standard InChI is InChI=1S/C18H21BrO/c1-2-13-3-8-17(9-4-13)20-18-10-6-14-5-7-16(19)11-15(14)12-18/h5-7,10-13,17H,2-4,8-9H2,1H3. The van der Waals surface area contributed by atoms with E-state index in [1.807, 2.05) is 0 Å². The summed E-state index contributed by atoms with van der Waals surface area (Å²) in [5.74, 6) is 1.93. The van der Waals surface area contributed by atoms with Gasteiger partial charge in [-0.15, -0.1) is 0 Å². The molecule has 0 atom stereocenters. The van der Waals surface area contributed by atoms with Crippen LogP contribution in [0, 0.1) is 5.92 Å². The van der Waals surface area contributed by atoms with Crippen LogP contribution in [0.4, 0.5) is 0 Å². The van der Waals surface area contributed by atoms with Crippen molar-refractivity contribution in [3.8, 4) is 5.75 Å². The van der Waals surface area contributed by atoms with Gasteiger partial charge in [0.05, 0.1) is 6.10 Å². The second-order valence-electron chi connectivity index (χ2n) is 5.82. The fourth-order valence-corrected chi connectivity index (χ4v) is 3.50. The summed E-state index contributed by atoms with van der Waals surface area (Å²) in [6, 6.07) is 12.8. The van der Waals surface area contributed by atoms with Crippen LogP contribution in [0.1, 0.15) is 39.0 Å². The second-order valence-corrected chi connectivity index (χ2v) is 6.74. The molecule has 0 unspecified atom stereocenters. The lowest BCUT2D eigenvalue weighted by molar-refractivity contribution is 0.130. The van der Waals surface area contributed by atoms with Gasteiger partial charge in [-0.05, 0) is 66.6 Å². The third kappa shape index (κ3) is 3.17. The Balaban J connectivity index is 1.71. The maximum absolute atomic E-state index is 6.18. The highest BCUT2D eigenvalue weighted by atomic mass is 79.9. The molecule has 3 rings (SSSR count). The number of benzene rings is 2. The van der Waals surface area contributed by atoms with Gasteiger partial charge >= 0.3 is 0 Å². The maximum Gasteiger partial charge on any atom is 0.120 e. The number of halogens is 1. The summed E-state index contributed by atoms with van der Waals surface area (Å²) in [5, 5.41) is 2.49. The summed E-state index contributed by atoms with van der Waals surface area (Å²) in [6.45, 7) is 2.30. The number of hydrogen-bond acceptors (Lipinski definition) is 1. The van der Waals surface area contributed by atoms with E-state index < -0.39 is 0 Å². The van der Waals surface area contributed by atoms with Gasteiger partial charge in [0.1, 0.15) is 5.75 Å². The van der Waals surface area contributed by atoms with Gasteiger partial charge in [-0.25, -0.2) is 0 Å². The first-order valence-electron chi connectivity index (χ1n) is 7.60. The third-order valence-electron chi connectivity index (χ3n) is 4.45. The highest BCUT2D eigenvalue weighted by molar-refractivity contribution is 9.10. The van der Waals surface area contributed by atoms with Gasteiger partial charge in [0, 0.05) is 4.47 Å². The van der Waals surface area contributed by atoms with Crippen molar-refractivity contribution in [3.63, 3.8) is 0 Å². The molecule has 1 aliphatic rings. The predicted molar refractivity (Wildman–Crippen MR) is 88.3 cm³/mol. The van der Waals surface area contributed by atoms with E-state index in [2.05, 4.69) is 59.3 Å². The van der Waals surface area contributed by atoms with E-state index in [9.17, 15) is 0 Å². The summed E-state index contributed by atoms with van der Waals surface area (Å²) in [5.41, 5.74) is 0. The molecule has 1 nitrogen and oxygen atoms in total. The first kappa shape index (κ1) is 13.9. The topological polar surface area (TPSA) is 9.23 Å². The molecule has 0 N–H and O–H groups in total. The normalized spacial score (nSPS) is 22.9. The van der Waals surface area contributed by atoms with Crippen molar-refractivity contribution in [1.29, 1.82) is 0 Å². The SMILES string of the molecule is CCC1CCC(Oc2ccc3ccc(Br)cc3c2)CC1. The molecule has 20 heavy (non-hydrogen) atoms. The van der Waals surface area contributed by atoms with Crippen molar-refractivity contribution in [2.75, 3.05) is 0 Å². The van der Waals surface area contributed by atoms with E-state index in [0.717, 1.165) is 16.1 Å². The molecule has 2 aromatic carbocycles. The molecule has 106 valence electrons. The molecule has 0 bridgehead atoms. The van der Waals surface area contributed by atoms with Crippen LogP contribution in [-0.4, -0.2) is 6.10 Å². The molecule has 0 radical (unpaired) electrons. The minimum Gasteiger partial charge on any atom is -0.490 e. The first-order chi connectivity index (χ1) is 9.74. The third-order valence-corrected chi connectivity index (χ3v) is 4.94. The van der Waals surface area contributed by atoms with Crippen LogP contribution in [0.2, 0.25) is 0 Å². The van der Waals surface area contributed by atoms with Crippen LogP contribution < -0.4 is 4.74 Å². The fraction of sp³-hybridized carbons (Fsp3) is 0.444. The zero-order chi connectivity index (χ0) is 13.9. The zero-order valence-corrected chi connectivity index (χ0v) is 13.5. The molecule has 1 saturated carbocycles. The number of fused-ring (bicyclic) bond motifs is 1. The average molecular weight is 333 g/mol. The molecule has 1 fully saturated rings. The van der Waals surface area contributed by atoms with Gasteiger partial charge in [0.2, 0.25) is 0 Å². The largest absolute Gasteiger partial charge is 0.490 e. The Kier molecular flexibility index (Phi) is 4.30. The molecule has 2 aromatic rings. The number of hydrogen-bond donors (Lipinski definition) is 0. The van der Waals surface area contributed by atoms with Crippen LogP contribution in [0.25, 0.3) is 10.8 Å². The summed E-state index contributed by atoms with van der Waals surface area (Å²) in [6.07, 6.45) is 6.77. The first-order valence-corrected chi connectivity index (χ1v) is 8.40. The summed E-state index contributed by atoms with van der Waals surface area (Å²) in [4.78, 5) is 0. The molecule has 0 aromatic heterocycles. The second kappa shape index (κ2) is 6.17. The average Bonchev–Trinajstić information content (AvgIpc) is 2.47. The molecule has 0 amide bonds. The van der Waals surface area contributed by atoms with E-state index in [-0.39, 0.29) is 0 Å². The lowest BCUT2D eigenvalue weighted by atomic mass is 9.86. The quantitative estimate of drug-likeness (QED) is 0.674. The Bertz CT molecular complexity index is 585. The molecule has 0 spiro atoms. The highest BCUT2D eigenvalue weighted by Gasteiger charge is 2.21. The molecule has 0 aliphatic heterocycles. The van der Waals surface area contributed by atoms with Crippen LogP contribution in [0.5, 0.6) is 5.75 Å². The number of rotatable bonds is 3. The molecule has 0 heterocycles. The van der Waals surface area contributed by atoms with E-state index in [0.29, 0.717) is 6.10 Å². The Morgan fingerprint density at radius 3 is 2.50 bits per heavy atom. The molecular formula is C18H21BrO. The summed E-state index contributed by atoms with van der Waals surface area (Å²) < 4.78 is 7.30. The van der Waals surface area contributed by atoms with Crippen molar-refractivity contribution in [2.24, 2.45) is 5.92 Å². The Morgan fingerprint density at radius 2 is 1.75 bits per heavy atom. The molecule has 0 saturated heterocycles. The van der Waals surface area contributed by atoms with E-state index >= 15 is 0 Å². The van der Waals surface area contributed by atoms with Gasteiger partial charge in [0.15, 0.2) is 0 Å². The highest BCUT2D eigenvalue weighted by Crippen LogP contribution is 2.31. The minimum absolute atomic E-state index is 0.405. The molecule has 1 aliphatic carbocycles. The van der Waals surface area contributed by atoms with Gasteiger partial charge < -0.3 is 4.74 Å². The van der Waals surface area contributed by atoms with Crippen molar-refractivity contribution in [2.45, 2.75) is 45.1 Å². The minimum atomic E-state index is 0.405. The van der Waals surface area contributed by atoms with E-state index in [4.69, 9.17) is 4.74 Å². The summed E-state index contributed by atoms with van der Waals surface area (Å²) >= 11 is 3.53. The monoisotopic (exact) mass is 332 g/mol. The van der Waals surface area contributed by atoms with E-state index in [1.165, 1.54) is 42.9 Å². The van der Waals surface area contributed by atoms with Crippen molar-refractivity contribution < 1.29 is 4.74 Å². The molecular weight excluding hydrogens is 312 g/mol. The van der Waals surface area contributed by atoms with Gasteiger partial charge in [-0.1, -0.05) is 41.4 Å². The van der Waals surface area contributed by atoms with Crippen molar-refractivity contribution >= 4 is 26.7 Å². The van der Waals surface area contributed by atoms with Crippen LogP contribution >= 0.6 is 15.9 Å². The van der Waals surface area contributed by atoms with Gasteiger partial charge in [-0.3, -0.25) is 0 Å². The lowest BCUT2D eigenvalue weighted by Crippen LogP contribution is -2.23. The fourth-order valence-electron chi connectivity index (χ4n) is 3.12. The van der Waals surface area contributed by atoms with E-state index in [1.54, 1.807) is 0 Å². The van der Waals surface area contributed by atoms with Crippen LogP contribution in [0.15, 0.2) is 40.9 Å². The Labute approximate surface area is 129 Å². The predicted octanol–water partition coefficient (Wildman–Crippen LogP) is 5.95. The Hall–Kier alpha value is -1.02. The number of ether oxygens (including phenoxy) is 1. The van der Waals surface area contributed by atoms with Crippen LogP contribution in [0.3, 0.4) is 0 Å². The lowest BCUT2D eigenvalue weighted by Gasteiger charge is -2.28.